The molecule has 1 unspecified atom stereocenters. The van der Waals surface area contributed by atoms with Gasteiger partial charge in [-0.05, 0) is 44.4 Å². The van der Waals surface area contributed by atoms with Crippen molar-refractivity contribution >= 4 is 17.4 Å². The lowest BCUT2D eigenvalue weighted by atomic mass is 10.0. The van der Waals surface area contributed by atoms with Gasteiger partial charge in [0.2, 0.25) is 0 Å². The normalized spacial score (nSPS) is 17.1. The predicted octanol–water partition coefficient (Wildman–Crippen LogP) is 3.90. The number of carbonyl (C=O) groups excluding carboxylic acids is 1. The molecule has 2 amide bonds. The molecule has 1 atom stereocenters. The zero-order valence-corrected chi connectivity index (χ0v) is 14.9. The van der Waals surface area contributed by atoms with E-state index in [1.165, 1.54) is 0 Å². The third-order valence-electron chi connectivity index (χ3n) is 4.15. The van der Waals surface area contributed by atoms with E-state index in [1.54, 1.807) is 11.3 Å². The number of benzene rings is 1. The SMILES string of the molecule is CCOc1ccc(C2CCCN2C(=O)NCc2nc(C)cs2)cc1. The Morgan fingerprint density at radius 1 is 1.42 bits per heavy atom. The topological polar surface area (TPSA) is 54.5 Å². The molecular weight excluding hydrogens is 322 g/mol. The standard InChI is InChI=1S/C18H23N3O2S/c1-3-23-15-8-6-14(7-9-15)16-5-4-10-21(16)18(22)19-11-17-20-13(2)12-24-17/h6-9,12,16H,3-5,10-11H2,1-2H3,(H,19,22). The Balaban J connectivity index is 1.62. The molecule has 1 fully saturated rings. The Bertz CT molecular complexity index is 684. The fourth-order valence-electron chi connectivity index (χ4n) is 3.05. The Morgan fingerprint density at radius 3 is 2.88 bits per heavy atom. The number of urea groups is 1. The lowest BCUT2D eigenvalue weighted by Crippen LogP contribution is -2.39. The van der Waals surface area contributed by atoms with Gasteiger partial charge >= 0.3 is 6.03 Å². The molecule has 1 N–H and O–H groups in total. The summed E-state index contributed by atoms with van der Waals surface area (Å²) in [4.78, 5) is 18.9. The fourth-order valence-corrected chi connectivity index (χ4v) is 3.76. The van der Waals surface area contributed by atoms with Gasteiger partial charge in [0.15, 0.2) is 0 Å². The second kappa shape index (κ2) is 7.66. The largest absolute Gasteiger partial charge is 0.494 e. The van der Waals surface area contributed by atoms with Crippen LogP contribution in [0.3, 0.4) is 0 Å². The van der Waals surface area contributed by atoms with Gasteiger partial charge in [0.25, 0.3) is 0 Å². The third kappa shape index (κ3) is 3.87. The van der Waals surface area contributed by atoms with E-state index in [2.05, 4.69) is 22.4 Å². The van der Waals surface area contributed by atoms with E-state index in [-0.39, 0.29) is 12.1 Å². The zero-order valence-electron chi connectivity index (χ0n) is 14.1. The Kier molecular flexibility index (Phi) is 5.35. The number of ether oxygens (including phenoxy) is 1. The zero-order chi connectivity index (χ0) is 16.9. The Labute approximate surface area is 146 Å². The molecule has 2 aromatic rings. The molecule has 24 heavy (non-hydrogen) atoms. The minimum Gasteiger partial charge on any atom is -0.494 e. The number of nitrogens with one attached hydrogen (secondary N) is 1. The van der Waals surface area contributed by atoms with E-state index in [9.17, 15) is 4.79 Å². The number of hydrogen-bond acceptors (Lipinski definition) is 4. The van der Waals surface area contributed by atoms with Gasteiger partial charge in [0, 0.05) is 17.6 Å². The highest BCUT2D eigenvalue weighted by Crippen LogP contribution is 2.32. The van der Waals surface area contributed by atoms with Crippen molar-refractivity contribution in [3.8, 4) is 5.75 Å². The average molecular weight is 345 g/mol. The number of thiazole rings is 1. The molecular formula is C18H23N3O2S. The molecule has 1 aromatic heterocycles. The number of aryl methyl sites for hydroxylation is 1. The van der Waals surface area contributed by atoms with Crippen molar-refractivity contribution in [1.82, 2.24) is 15.2 Å². The van der Waals surface area contributed by atoms with E-state index in [0.29, 0.717) is 13.2 Å². The second-order valence-electron chi connectivity index (χ2n) is 5.89. The van der Waals surface area contributed by atoms with Crippen molar-refractivity contribution in [3.63, 3.8) is 0 Å². The number of likely N-dealkylation sites (tertiary alicyclic amines) is 1. The first-order valence-electron chi connectivity index (χ1n) is 8.35. The molecule has 0 bridgehead atoms. The Hall–Kier alpha value is -2.08. The molecule has 1 saturated heterocycles. The molecule has 0 aliphatic carbocycles. The second-order valence-corrected chi connectivity index (χ2v) is 6.84. The minimum atomic E-state index is -0.0146. The number of amides is 2. The summed E-state index contributed by atoms with van der Waals surface area (Å²) in [5, 5.41) is 5.94. The van der Waals surface area contributed by atoms with Crippen LogP contribution in [-0.4, -0.2) is 29.1 Å². The summed E-state index contributed by atoms with van der Waals surface area (Å²) >= 11 is 1.58. The maximum atomic E-state index is 12.5. The maximum absolute atomic E-state index is 12.5. The molecule has 1 aromatic carbocycles. The molecule has 1 aliphatic rings. The van der Waals surface area contributed by atoms with Crippen LogP contribution in [0, 0.1) is 6.92 Å². The van der Waals surface area contributed by atoms with E-state index < -0.39 is 0 Å². The molecule has 0 radical (unpaired) electrons. The van der Waals surface area contributed by atoms with Gasteiger partial charge < -0.3 is 15.0 Å². The molecule has 6 heteroatoms. The van der Waals surface area contributed by atoms with Crippen molar-refractivity contribution in [1.29, 1.82) is 0 Å². The van der Waals surface area contributed by atoms with Crippen molar-refractivity contribution in [3.05, 3.63) is 45.9 Å². The van der Waals surface area contributed by atoms with Gasteiger partial charge in [-0.15, -0.1) is 11.3 Å². The summed E-state index contributed by atoms with van der Waals surface area (Å²) in [6, 6.07) is 8.20. The van der Waals surface area contributed by atoms with Crippen LogP contribution in [0.1, 0.15) is 42.1 Å². The molecule has 5 nitrogen and oxygen atoms in total. The highest BCUT2D eigenvalue weighted by molar-refractivity contribution is 7.09. The van der Waals surface area contributed by atoms with Crippen LogP contribution in [0.2, 0.25) is 0 Å². The first kappa shape index (κ1) is 16.8. The van der Waals surface area contributed by atoms with E-state index in [0.717, 1.165) is 41.4 Å². The average Bonchev–Trinajstić information content (AvgIpc) is 3.23. The Morgan fingerprint density at radius 2 is 2.21 bits per heavy atom. The number of aromatic nitrogens is 1. The molecule has 3 rings (SSSR count). The van der Waals surface area contributed by atoms with Gasteiger partial charge in [-0.1, -0.05) is 12.1 Å². The van der Waals surface area contributed by atoms with Gasteiger partial charge in [0.05, 0.1) is 19.2 Å². The lowest BCUT2D eigenvalue weighted by Gasteiger charge is -2.25. The van der Waals surface area contributed by atoms with Gasteiger partial charge in [0.1, 0.15) is 10.8 Å². The van der Waals surface area contributed by atoms with Crippen LogP contribution in [0.4, 0.5) is 4.79 Å². The molecule has 2 heterocycles. The van der Waals surface area contributed by atoms with E-state index >= 15 is 0 Å². The van der Waals surface area contributed by atoms with Gasteiger partial charge in [-0.2, -0.15) is 0 Å². The number of nitrogens with zero attached hydrogens (tertiary/aromatic N) is 2. The van der Waals surface area contributed by atoms with Crippen LogP contribution < -0.4 is 10.1 Å². The fraction of sp³-hybridized carbons (Fsp3) is 0.444. The summed E-state index contributed by atoms with van der Waals surface area (Å²) in [5.74, 6) is 0.870. The summed E-state index contributed by atoms with van der Waals surface area (Å²) in [6.45, 7) is 5.88. The van der Waals surface area contributed by atoms with Crippen molar-refractivity contribution in [2.75, 3.05) is 13.2 Å². The highest BCUT2D eigenvalue weighted by atomic mass is 32.1. The molecule has 1 aliphatic heterocycles. The van der Waals surface area contributed by atoms with Gasteiger partial charge in [-0.3, -0.25) is 0 Å². The van der Waals surface area contributed by atoms with Crippen molar-refractivity contribution < 1.29 is 9.53 Å². The van der Waals surface area contributed by atoms with Crippen LogP contribution in [0.25, 0.3) is 0 Å². The minimum absolute atomic E-state index is 0.0146. The lowest BCUT2D eigenvalue weighted by molar-refractivity contribution is 0.192. The van der Waals surface area contributed by atoms with Crippen LogP contribution in [-0.2, 0) is 6.54 Å². The third-order valence-corrected chi connectivity index (χ3v) is 5.11. The molecule has 0 spiro atoms. The maximum Gasteiger partial charge on any atom is 0.318 e. The first-order valence-corrected chi connectivity index (χ1v) is 9.23. The predicted molar refractivity (Wildman–Crippen MR) is 95.4 cm³/mol. The number of carbonyl (C=O) groups is 1. The van der Waals surface area contributed by atoms with Gasteiger partial charge in [-0.25, -0.2) is 9.78 Å². The number of rotatable bonds is 5. The quantitative estimate of drug-likeness (QED) is 0.894. The molecule has 0 saturated carbocycles. The van der Waals surface area contributed by atoms with Crippen LogP contribution >= 0.6 is 11.3 Å². The monoisotopic (exact) mass is 345 g/mol. The smallest absolute Gasteiger partial charge is 0.318 e. The first-order chi connectivity index (χ1) is 11.7. The van der Waals surface area contributed by atoms with Crippen molar-refractivity contribution in [2.45, 2.75) is 39.3 Å². The summed E-state index contributed by atoms with van der Waals surface area (Å²) in [5.41, 5.74) is 2.16. The molecule has 128 valence electrons. The summed E-state index contributed by atoms with van der Waals surface area (Å²) in [6.07, 6.45) is 2.03. The van der Waals surface area contributed by atoms with Crippen LogP contribution in [0.15, 0.2) is 29.6 Å². The van der Waals surface area contributed by atoms with E-state index in [1.807, 2.05) is 36.3 Å². The van der Waals surface area contributed by atoms with Crippen molar-refractivity contribution in [2.24, 2.45) is 0 Å². The van der Waals surface area contributed by atoms with Crippen LogP contribution in [0.5, 0.6) is 5.75 Å². The summed E-state index contributed by atoms with van der Waals surface area (Å²) < 4.78 is 5.49. The number of hydrogen-bond donors (Lipinski definition) is 1. The highest BCUT2D eigenvalue weighted by Gasteiger charge is 2.29. The van der Waals surface area contributed by atoms with E-state index in [4.69, 9.17) is 4.74 Å². The summed E-state index contributed by atoms with van der Waals surface area (Å²) in [7, 11) is 0.